The molecule has 2 saturated heterocycles. The highest BCUT2D eigenvalue weighted by molar-refractivity contribution is 6.06. The fourth-order valence-electron chi connectivity index (χ4n) is 4.79. The van der Waals surface area contributed by atoms with E-state index in [4.69, 9.17) is 4.74 Å². The first kappa shape index (κ1) is 18.3. The molecule has 0 aromatic heterocycles. The average molecular weight is 391 g/mol. The molecule has 1 N–H and O–H groups in total. The van der Waals surface area contributed by atoms with E-state index in [0.29, 0.717) is 13.0 Å². The van der Waals surface area contributed by atoms with Gasteiger partial charge in [-0.25, -0.2) is 0 Å². The van der Waals surface area contributed by atoms with Crippen LogP contribution in [0.1, 0.15) is 22.3 Å². The number of piperazine rings is 1. The zero-order valence-electron chi connectivity index (χ0n) is 16.3. The topological polar surface area (TPSA) is 61.9 Å². The fraction of sp³-hybridized carbons (Fsp3) is 0.391. The number of nitrogens with one attached hydrogen (secondary N) is 1. The minimum absolute atomic E-state index is 0.0308. The lowest BCUT2D eigenvalue weighted by Crippen LogP contribution is -2.50. The van der Waals surface area contributed by atoms with Crippen molar-refractivity contribution in [2.45, 2.75) is 17.9 Å². The number of ether oxygens (including phenoxy) is 1. The summed E-state index contributed by atoms with van der Waals surface area (Å²) in [6.07, 6.45) is 0.738. The van der Waals surface area contributed by atoms with Gasteiger partial charge >= 0.3 is 0 Å². The second-order valence-electron chi connectivity index (χ2n) is 8.18. The first-order valence-electron chi connectivity index (χ1n) is 10.2. The molecule has 2 amide bonds. The molecule has 0 bridgehead atoms. The molecular weight excluding hydrogens is 366 g/mol. The van der Waals surface area contributed by atoms with Gasteiger partial charge in [0.25, 0.3) is 5.91 Å². The van der Waals surface area contributed by atoms with Crippen molar-refractivity contribution in [2.75, 3.05) is 44.6 Å². The molecule has 5 rings (SSSR count). The van der Waals surface area contributed by atoms with Crippen LogP contribution in [-0.4, -0.2) is 67.0 Å². The number of carbonyl (C=O) groups excluding carboxylic acids is 2. The van der Waals surface area contributed by atoms with Gasteiger partial charge in [-0.15, -0.1) is 0 Å². The van der Waals surface area contributed by atoms with Crippen LogP contribution in [-0.2, 0) is 14.9 Å². The van der Waals surface area contributed by atoms with Crippen molar-refractivity contribution in [3.8, 4) is 0 Å². The van der Waals surface area contributed by atoms with Crippen LogP contribution in [0.5, 0.6) is 0 Å². The van der Waals surface area contributed by atoms with Crippen molar-refractivity contribution in [3.05, 3.63) is 65.7 Å². The molecule has 2 atom stereocenters. The summed E-state index contributed by atoms with van der Waals surface area (Å²) < 4.78 is 6.08. The summed E-state index contributed by atoms with van der Waals surface area (Å²) in [5.74, 6) is 0.153. The van der Waals surface area contributed by atoms with Crippen molar-refractivity contribution in [1.82, 2.24) is 9.80 Å². The zero-order valence-corrected chi connectivity index (χ0v) is 16.3. The van der Waals surface area contributed by atoms with Crippen molar-refractivity contribution in [3.63, 3.8) is 0 Å². The number of carbonyl (C=O) groups is 2. The molecule has 6 heteroatoms. The number of amides is 2. The number of hydrogen-bond acceptors (Lipinski definition) is 4. The monoisotopic (exact) mass is 391 g/mol. The zero-order chi connectivity index (χ0) is 19.8. The van der Waals surface area contributed by atoms with Crippen LogP contribution >= 0.6 is 0 Å². The Morgan fingerprint density at radius 2 is 1.76 bits per heavy atom. The van der Waals surface area contributed by atoms with Crippen molar-refractivity contribution in [1.29, 1.82) is 0 Å². The number of benzene rings is 2. The molecule has 2 unspecified atom stereocenters. The normalized spacial score (nSPS) is 26.6. The van der Waals surface area contributed by atoms with Gasteiger partial charge in [-0.2, -0.15) is 0 Å². The third kappa shape index (κ3) is 3.22. The molecule has 2 aromatic carbocycles. The Bertz CT molecular complexity index is 924. The van der Waals surface area contributed by atoms with Crippen LogP contribution in [0.3, 0.4) is 0 Å². The van der Waals surface area contributed by atoms with E-state index in [1.165, 1.54) is 0 Å². The van der Waals surface area contributed by atoms with Gasteiger partial charge in [0.2, 0.25) is 5.91 Å². The highest BCUT2D eigenvalue weighted by Crippen LogP contribution is 2.45. The lowest BCUT2D eigenvalue weighted by Gasteiger charge is -2.35. The molecular formula is C23H25N3O3. The lowest BCUT2D eigenvalue weighted by atomic mass is 9.79. The van der Waals surface area contributed by atoms with Gasteiger partial charge in [-0.3, -0.25) is 14.5 Å². The Hall–Kier alpha value is -2.70. The molecule has 1 spiro atoms. The van der Waals surface area contributed by atoms with Crippen LogP contribution in [0.25, 0.3) is 0 Å². The first-order valence-corrected chi connectivity index (χ1v) is 10.2. The summed E-state index contributed by atoms with van der Waals surface area (Å²) in [5, 5.41) is 3.01. The second kappa shape index (κ2) is 7.28. The molecule has 2 aromatic rings. The Labute approximate surface area is 170 Å². The standard InChI is InChI=1S/C23H25N3O3/c27-21(17-6-2-1-3-7-17)26-12-10-25(11-13-26)15-18-14-23(16-29-18)19-8-4-5-9-20(19)24-22(23)28/h1-9,18H,10-16H2,(H,24,28). The molecule has 0 saturated carbocycles. The second-order valence-corrected chi connectivity index (χ2v) is 8.18. The molecule has 0 radical (unpaired) electrons. The molecule has 6 nitrogen and oxygen atoms in total. The number of para-hydroxylation sites is 1. The summed E-state index contributed by atoms with van der Waals surface area (Å²) in [6, 6.07) is 17.4. The van der Waals surface area contributed by atoms with Crippen LogP contribution in [0, 0.1) is 0 Å². The van der Waals surface area contributed by atoms with Crippen LogP contribution in [0.15, 0.2) is 54.6 Å². The van der Waals surface area contributed by atoms with E-state index in [2.05, 4.69) is 10.2 Å². The molecule has 150 valence electrons. The van der Waals surface area contributed by atoms with Gasteiger partial charge in [0.05, 0.1) is 12.7 Å². The largest absolute Gasteiger partial charge is 0.375 e. The summed E-state index contributed by atoms with van der Waals surface area (Å²) in [5.41, 5.74) is 2.17. The minimum Gasteiger partial charge on any atom is -0.375 e. The van der Waals surface area contributed by atoms with Gasteiger partial charge in [0.1, 0.15) is 5.41 Å². The van der Waals surface area contributed by atoms with Crippen molar-refractivity contribution in [2.24, 2.45) is 0 Å². The van der Waals surface area contributed by atoms with E-state index in [9.17, 15) is 9.59 Å². The van der Waals surface area contributed by atoms with Gasteiger partial charge in [0, 0.05) is 44.0 Å². The molecule has 3 heterocycles. The van der Waals surface area contributed by atoms with E-state index in [1.54, 1.807) is 0 Å². The van der Waals surface area contributed by atoms with Gasteiger partial charge in [-0.1, -0.05) is 36.4 Å². The van der Waals surface area contributed by atoms with E-state index in [0.717, 1.165) is 49.5 Å². The van der Waals surface area contributed by atoms with Crippen LogP contribution < -0.4 is 5.32 Å². The number of fused-ring (bicyclic) bond motifs is 2. The van der Waals surface area contributed by atoms with Crippen molar-refractivity contribution < 1.29 is 14.3 Å². The number of rotatable bonds is 3. The van der Waals surface area contributed by atoms with Crippen LogP contribution in [0.4, 0.5) is 5.69 Å². The maximum absolute atomic E-state index is 12.7. The molecule has 3 aliphatic heterocycles. The first-order chi connectivity index (χ1) is 14.2. The summed E-state index contributed by atoms with van der Waals surface area (Å²) in [6.45, 7) is 4.32. The summed E-state index contributed by atoms with van der Waals surface area (Å²) in [7, 11) is 0. The smallest absolute Gasteiger partial charge is 0.253 e. The van der Waals surface area contributed by atoms with E-state index in [1.807, 2.05) is 59.5 Å². The molecule has 3 aliphatic rings. The number of nitrogens with zero attached hydrogens (tertiary/aromatic N) is 2. The molecule has 0 aliphatic carbocycles. The lowest BCUT2D eigenvalue weighted by molar-refractivity contribution is -0.120. The highest BCUT2D eigenvalue weighted by Gasteiger charge is 2.52. The summed E-state index contributed by atoms with van der Waals surface area (Å²) in [4.78, 5) is 29.6. The van der Waals surface area contributed by atoms with Crippen LogP contribution in [0.2, 0.25) is 0 Å². The Balaban J connectivity index is 1.18. The maximum atomic E-state index is 12.7. The highest BCUT2D eigenvalue weighted by atomic mass is 16.5. The third-order valence-corrected chi connectivity index (χ3v) is 6.41. The molecule has 2 fully saturated rings. The average Bonchev–Trinajstić information content (AvgIpc) is 3.31. The van der Waals surface area contributed by atoms with Gasteiger partial charge in [0.15, 0.2) is 0 Å². The predicted molar refractivity (Wildman–Crippen MR) is 110 cm³/mol. The maximum Gasteiger partial charge on any atom is 0.253 e. The van der Waals surface area contributed by atoms with E-state index in [-0.39, 0.29) is 17.9 Å². The Morgan fingerprint density at radius 1 is 1.03 bits per heavy atom. The van der Waals surface area contributed by atoms with E-state index < -0.39 is 5.41 Å². The van der Waals surface area contributed by atoms with E-state index >= 15 is 0 Å². The Kier molecular flexibility index (Phi) is 4.60. The third-order valence-electron chi connectivity index (χ3n) is 6.41. The molecule has 29 heavy (non-hydrogen) atoms. The van der Waals surface area contributed by atoms with Crippen molar-refractivity contribution >= 4 is 17.5 Å². The van der Waals surface area contributed by atoms with Gasteiger partial charge in [-0.05, 0) is 30.2 Å². The fourth-order valence-corrected chi connectivity index (χ4v) is 4.79. The summed E-state index contributed by atoms with van der Waals surface area (Å²) >= 11 is 0. The number of hydrogen-bond donors (Lipinski definition) is 1. The predicted octanol–water partition coefficient (Wildman–Crippen LogP) is 2.12. The minimum atomic E-state index is -0.549. The quantitative estimate of drug-likeness (QED) is 0.871. The number of anilines is 1. The SMILES string of the molecule is O=C(c1ccccc1)N1CCN(CC2CC3(CO2)C(=O)Nc2ccccc23)CC1. The Morgan fingerprint density at radius 3 is 2.55 bits per heavy atom. The van der Waals surface area contributed by atoms with Gasteiger partial charge < -0.3 is 15.0 Å².